The third-order valence-electron chi connectivity index (χ3n) is 2.13. The van der Waals surface area contributed by atoms with Crippen LogP contribution in [0.2, 0.25) is 0 Å². The normalized spacial score (nSPS) is 11.9. The van der Waals surface area contributed by atoms with Gasteiger partial charge < -0.3 is 5.73 Å². The van der Waals surface area contributed by atoms with Crippen molar-refractivity contribution in [3.63, 3.8) is 0 Å². The molecule has 1 aromatic carbocycles. The van der Waals surface area contributed by atoms with Gasteiger partial charge in [0.15, 0.2) is 0 Å². The maximum atomic E-state index is 13.2. The first-order chi connectivity index (χ1) is 6.79. The zero-order valence-electron chi connectivity index (χ0n) is 8.78. The Balaban J connectivity index is 2.86. The summed E-state index contributed by atoms with van der Waals surface area (Å²) in [6.07, 6.45) is 0.605. The van der Waals surface area contributed by atoms with Gasteiger partial charge in [-0.3, -0.25) is 0 Å². The number of rotatable bonds is 3. The van der Waals surface area contributed by atoms with E-state index in [1.165, 1.54) is 0 Å². The van der Waals surface area contributed by atoms with E-state index in [4.69, 9.17) is 5.73 Å². The molecule has 15 heavy (non-hydrogen) atoms. The fourth-order valence-corrected chi connectivity index (χ4v) is 1.26. The van der Waals surface area contributed by atoms with Crippen LogP contribution < -0.4 is 5.73 Å². The molecule has 0 unspecified atom stereocenters. The molecule has 0 saturated heterocycles. The zero-order chi connectivity index (χ0) is 11.6. The quantitative estimate of drug-likeness (QED) is 0.827. The van der Waals surface area contributed by atoms with E-state index in [-0.39, 0.29) is 12.0 Å². The standard InChI is InChI=1S/C11H14F3N/c1-11(2,15)4-3-8-9(13)5-7(12)6-10(8)14/h5-6H,3-4,15H2,1-2H3. The van der Waals surface area contributed by atoms with Crippen molar-refractivity contribution in [1.82, 2.24) is 0 Å². The molecular formula is C11H14F3N. The molecule has 0 fully saturated rings. The second-order valence-electron chi connectivity index (χ2n) is 4.34. The molecule has 0 aliphatic heterocycles. The van der Waals surface area contributed by atoms with Crippen LogP contribution in [0.3, 0.4) is 0 Å². The van der Waals surface area contributed by atoms with Crippen molar-refractivity contribution in [3.05, 3.63) is 35.1 Å². The van der Waals surface area contributed by atoms with Crippen LogP contribution in [0.4, 0.5) is 13.2 Å². The number of halogens is 3. The minimum absolute atomic E-state index is 0.102. The van der Waals surface area contributed by atoms with Gasteiger partial charge in [0, 0.05) is 23.2 Å². The van der Waals surface area contributed by atoms with Gasteiger partial charge in [0.1, 0.15) is 17.5 Å². The largest absolute Gasteiger partial charge is 0.326 e. The lowest BCUT2D eigenvalue weighted by Gasteiger charge is -2.18. The van der Waals surface area contributed by atoms with Gasteiger partial charge in [-0.15, -0.1) is 0 Å². The molecule has 1 nitrogen and oxygen atoms in total. The fourth-order valence-electron chi connectivity index (χ4n) is 1.26. The Morgan fingerprint density at radius 2 is 1.60 bits per heavy atom. The summed E-state index contributed by atoms with van der Waals surface area (Å²) in [4.78, 5) is 0. The lowest BCUT2D eigenvalue weighted by molar-refractivity contribution is 0.456. The third kappa shape index (κ3) is 3.55. The summed E-state index contributed by atoms with van der Waals surface area (Å²) < 4.78 is 38.9. The van der Waals surface area contributed by atoms with Gasteiger partial charge in [0.2, 0.25) is 0 Å². The topological polar surface area (TPSA) is 26.0 Å². The second-order valence-corrected chi connectivity index (χ2v) is 4.34. The lowest BCUT2D eigenvalue weighted by atomic mass is 9.96. The van der Waals surface area contributed by atoms with Crippen molar-refractivity contribution in [3.8, 4) is 0 Å². The van der Waals surface area contributed by atoms with Crippen molar-refractivity contribution in [1.29, 1.82) is 0 Å². The van der Waals surface area contributed by atoms with Crippen LogP contribution in [-0.4, -0.2) is 5.54 Å². The van der Waals surface area contributed by atoms with Crippen molar-refractivity contribution >= 4 is 0 Å². The molecule has 0 saturated carbocycles. The predicted molar refractivity (Wildman–Crippen MR) is 52.9 cm³/mol. The van der Waals surface area contributed by atoms with Crippen LogP contribution in [0.15, 0.2) is 12.1 Å². The van der Waals surface area contributed by atoms with Crippen molar-refractivity contribution < 1.29 is 13.2 Å². The molecule has 4 heteroatoms. The van der Waals surface area contributed by atoms with Gasteiger partial charge in [-0.05, 0) is 26.7 Å². The highest BCUT2D eigenvalue weighted by Crippen LogP contribution is 2.18. The maximum Gasteiger partial charge on any atom is 0.132 e. The highest BCUT2D eigenvalue weighted by atomic mass is 19.1. The molecule has 0 radical (unpaired) electrons. The number of nitrogens with two attached hydrogens (primary N) is 1. The second kappa shape index (κ2) is 4.23. The van der Waals surface area contributed by atoms with E-state index in [9.17, 15) is 13.2 Å². The Morgan fingerprint density at radius 3 is 2.00 bits per heavy atom. The summed E-state index contributed by atoms with van der Waals surface area (Å²) in [6.45, 7) is 3.54. The molecule has 0 bridgehead atoms. The van der Waals surface area contributed by atoms with Gasteiger partial charge in [-0.2, -0.15) is 0 Å². The molecule has 0 heterocycles. The summed E-state index contributed by atoms with van der Waals surface area (Å²) in [5.41, 5.74) is 5.10. The average Bonchev–Trinajstić information content (AvgIpc) is 1.99. The van der Waals surface area contributed by atoms with Crippen LogP contribution in [0, 0.1) is 17.5 Å². The predicted octanol–water partition coefficient (Wildman–Crippen LogP) is 2.77. The van der Waals surface area contributed by atoms with Crippen LogP contribution >= 0.6 is 0 Å². The van der Waals surface area contributed by atoms with Crippen molar-refractivity contribution in [2.75, 3.05) is 0 Å². The molecule has 1 aromatic rings. The first-order valence-electron chi connectivity index (χ1n) is 4.72. The summed E-state index contributed by atoms with van der Waals surface area (Å²) in [6, 6.07) is 1.36. The van der Waals surface area contributed by atoms with E-state index in [1.807, 2.05) is 0 Å². The van der Waals surface area contributed by atoms with Gasteiger partial charge in [0.05, 0.1) is 0 Å². The molecule has 2 N–H and O–H groups in total. The molecule has 0 aromatic heterocycles. The summed E-state index contributed by atoms with van der Waals surface area (Å²) >= 11 is 0. The highest BCUT2D eigenvalue weighted by molar-refractivity contribution is 5.21. The Labute approximate surface area is 87.1 Å². The van der Waals surface area contributed by atoms with E-state index in [2.05, 4.69) is 0 Å². The Bertz CT molecular complexity index is 332. The molecule has 0 aliphatic carbocycles. The first-order valence-corrected chi connectivity index (χ1v) is 4.72. The monoisotopic (exact) mass is 217 g/mol. The molecule has 0 spiro atoms. The molecule has 1 rings (SSSR count). The number of hydrogen-bond donors (Lipinski definition) is 1. The minimum Gasteiger partial charge on any atom is -0.326 e. The van der Waals surface area contributed by atoms with E-state index in [1.54, 1.807) is 13.8 Å². The molecular weight excluding hydrogens is 203 g/mol. The van der Waals surface area contributed by atoms with Gasteiger partial charge in [-0.1, -0.05) is 0 Å². The Kier molecular flexibility index (Phi) is 3.39. The molecule has 0 atom stereocenters. The summed E-state index contributed by atoms with van der Waals surface area (Å²) in [7, 11) is 0. The Hall–Kier alpha value is -1.03. The van der Waals surface area contributed by atoms with Gasteiger partial charge >= 0.3 is 0 Å². The minimum atomic E-state index is -0.902. The van der Waals surface area contributed by atoms with Crippen molar-refractivity contribution in [2.45, 2.75) is 32.2 Å². The van der Waals surface area contributed by atoms with Crippen LogP contribution in [0.1, 0.15) is 25.8 Å². The van der Waals surface area contributed by atoms with E-state index in [0.29, 0.717) is 18.6 Å². The first kappa shape index (κ1) is 12.0. The molecule has 0 amide bonds. The highest BCUT2D eigenvalue weighted by Gasteiger charge is 2.16. The average molecular weight is 217 g/mol. The number of benzene rings is 1. The summed E-state index contributed by atoms with van der Waals surface area (Å²) in [5.74, 6) is -2.60. The third-order valence-corrected chi connectivity index (χ3v) is 2.13. The van der Waals surface area contributed by atoms with Crippen LogP contribution in [-0.2, 0) is 6.42 Å². The smallest absolute Gasteiger partial charge is 0.132 e. The lowest BCUT2D eigenvalue weighted by Crippen LogP contribution is -2.32. The van der Waals surface area contributed by atoms with Crippen LogP contribution in [0.5, 0.6) is 0 Å². The van der Waals surface area contributed by atoms with E-state index in [0.717, 1.165) is 0 Å². The zero-order valence-corrected chi connectivity index (χ0v) is 8.78. The van der Waals surface area contributed by atoms with Crippen molar-refractivity contribution in [2.24, 2.45) is 5.73 Å². The maximum absolute atomic E-state index is 13.2. The van der Waals surface area contributed by atoms with E-state index < -0.39 is 23.0 Å². The fraction of sp³-hybridized carbons (Fsp3) is 0.455. The summed E-state index contributed by atoms with van der Waals surface area (Å²) in [5, 5.41) is 0. The molecule has 84 valence electrons. The van der Waals surface area contributed by atoms with E-state index >= 15 is 0 Å². The molecule has 0 aliphatic rings. The SMILES string of the molecule is CC(C)(N)CCc1c(F)cc(F)cc1F. The van der Waals surface area contributed by atoms with Gasteiger partial charge in [-0.25, -0.2) is 13.2 Å². The number of hydrogen-bond acceptors (Lipinski definition) is 1. The van der Waals surface area contributed by atoms with Crippen LogP contribution in [0.25, 0.3) is 0 Å². The Morgan fingerprint density at radius 1 is 1.13 bits per heavy atom. The van der Waals surface area contributed by atoms with Gasteiger partial charge in [0.25, 0.3) is 0 Å².